The lowest BCUT2D eigenvalue weighted by Crippen LogP contribution is -2.15. The Morgan fingerprint density at radius 2 is 1.70 bits per heavy atom. The molecule has 1 N–H and O–H groups in total. The minimum atomic E-state index is -0.123. The van der Waals surface area contributed by atoms with Gasteiger partial charge in [-0.3, -0.25) is 4.79 Å². The molecule has 2 aromatic carbocycles. The number of carbonyl (C=O) groups is 1. The van der Waals surface area contributed by atoms with Gasteiger partial charge in [0.15, 0.2) is 0 Å². The summed E-state index contributed by atoms with van der Waals surface area (Å²) in [7, 11) is 0. The van der Waals surface area contributed by atoms with E-state index in [1.54, 1.807) is 0 Å². The van der Waals surface area contributed by atoms with E-state index >= 15 is 0 Å². The van der Waals surface area contributed by atoms with Crippen LogP contribution in [0.15, 0.2) is 60.7 Å². The first kappa shape index (κ1) is 18.8. The van der Waals surface area contributed by atoms with E-state index in [0.29, 0.717) is 17.0 Å². The molecule has 27 heavy (non-hydrogen) atoms. The molecular weight excluding hydrogens is 336 g/mol. The van der Waals surface area contributed by atoms with Crippen molar-refractivity contribution in [2.45, 2.75) is 40.3 Å². The Morgan fingerprint density at radius 3 is 2.41 bits per heavy atom. The number of ether oxygens (including phenoxy) is 1. The number of nitrogens with one attached hydrogen (secondary N) is 1. The Bertz CT molecular complexity index is 927. The fraction of sp³-hybridized carbons (Fsp3) is 0.261. The predicted octanol–water partition coefficient (Wildman–Crippen LogP) is 5.19. The van der Waals surface area contributed by atoms with Crippen molar-refractivity contribution in [3.8, 4) is 5.75 Å². The Balaban J connectivity index is 1.83. The second-order valence-corrected chi connectivity index (χ2v) is 6.97. The fourth-order valence-corrected chi connectivity index (χ4v) is 3.16. The van der Waals surface area contributed by atoms with Gasteiger partial charge in [0.05, 0.1) is 17.4 Å². The van der Waals surface area contributed by atoms with Crippen LogP contribution in [-0.2, 0) is 6.54 Å². The van der Waals surface area contributed by atoms with Gasteiger partial charge in [-0.1, -0.05) is 42.5 Å². The third-order valence-corrected chi connectivity index (χ3v) is 4.50. The van der Waals surface area contributed by atoms with Crippen LogP contribution in [-0.4, -0.2) is 16.6 Å². The number of carbonyl (C=O) groups excluding carboxylic acids is 1. The van der Waals surface area contributed by atoms with Gasteiger partial charge in [0.1, 0.15) is 5.75 Å². The largest absolute Gasteiger partial charge is 0.489 e. The number of hydrogen-bond donors (Lipinski definition) is 1. The first-order valence-electron chi connectivity index (χ1n) is 9.23. The van der Waals surface area contributed by atoms with Gasteiger partial charge in [0, 0.05) is 17.9 Å². The van der Waals surface area contributed by atoms with E-state index in [-0.39, 0.29) is 12.0 Å². The van der Waals surface area contributed by atoms with Crippen LogP contribution in [0.2, 0.25) is 0 Å². The molecule has 140 valence electrons. The average molecular weight is 362 g/mol. The zero-order valence-corrected chi connectivity index (χ0v) is 16.3. The molecule has 4 heteroatoms. The third kappa shape index (κ3) is 4.40. The molecule has 0 saturated carbocycles. The third-order valence-electron chi connectivity index (χ3n) is 4.50. The molecule has 0 spiro atoms. The topological polar surface area (TPSA) is 43.3 Å². The quantitative estimate of drug-likeness (QED) is 0.655. The fourth-order valence-electron chi connectivity index (χ4n) is 3.16. The van der Waals surface area contributed by atoms with Crippen molar-refractivity contribution in [3.05, 3.63) is 83.2 Å². The molecular formula is C23H26N2O2. The summed E-state index contributed by atoms with van der Waals surface area (Å²) in [6, 6.07) is 19.7. The summed E-state index contributed by atoms with van der Waals surface area (Å²) in [5.74, 6) is 0.557. The number of amides is 1. The van der Waals surface area contributed by atoms with Crippen molar-refractivity contribution in [2.75, 3.05) is 5.32 Å². The number of aromatic nitrogens is 1. The maximum absolute atomic E-state index is 12.9. The summed E-state index contributed by atoms with van der Waals surface area (Å²) >= 11 is 0. The van der Waals surface area contributed by atoms with Gasteiger partial charge in [-0.15, -0.1) is 0 Å². The predicted molar refractivity (Wildman–Crippen MR) is 110 cm³/mol. The summed E-state index contributed by atoms with van der Waals surface area (Å²) in [6.07, 6.45) is 0.0407. The van der Waals surface area contributed by atoms with Crippen molar-refractivity contribution in [2.24, 2.45) is 0 Å². The lowest BCUT2D eigenvalue weighted by molar-refractivity contribution is 0.102. The van der Waals surface area contributed by atoms with E-state index < -0.39 is 0 Å². The number of benzene rings is 2. The van der Waals surface area contributed by atoms with E-state index in [1.807, 2.05) is 76.2 Å². The highest BCUT2D eigenvalue weighted by Gasteiger charge is 2.17. The molecule has 3 rings (SSSR count). The summed E-state index contributed by atoms with van der Waals surface area (Å²) in [4.78, 5) is 12.9. The minimum Gasteiger partial charge on any atom is -0.489 e. The van der Waals surface area contributed by atoms with Gasteiger partial charge >= 0.3 is 0 Å². The SMILES string of the molecule is Cc1cc(C(=O)Nc2ccccc2OC(C)C)c(C)n1Cc1ccccc1. The van der Waals surface area contributed by atoms with Gasteiger partial charge in [0.25, 0.3) is 5.91 Å². The highest BCUT2D eigenvalue weighted by Crippen LogP contribution is 2.26. The molecule has 0 radical (unpaired) electrons. The lowest BCUT2D eigenvalue weighted by atomic mass is 10.2. The highest BCUT2D eigenvalue weighted by molar-refractivity contribution is 6.06. The van der Waals surface area contributed by atoms with Crippen molar-refractivity contribution in [1.29, 1.82) is 0 Å². The first-order valence-corrected chi connectivity index (χ1v) is 9.23. The molecule has 0 fully saturated rings. The average Bonchev–Trinajstić information content (AvgIpc) is 2.92. The van der Waals surface area contributed by atoms with Gasteiger partial charge in [0.2, 0.25) is 0 Å². The van der Waals surface area contributed by atoms with Crippen LogP contribution in [0.3, 0.4) is 0 Å². The Kier molecular flexibility index (Phi) is 5.65. The standard InChI is InChI=1S/C23H26N2O2/c1-16(2)27-22-13-9-8-12-21(22)24-23(26)20-14-17(3)25(18(20)4)15-19-10-6-5-7-11-19/h5-14,16H,15H2,1-4H3,(H,24,26). The van der Waals surface area contributed by atoms with Crippen LogP contribution in [0.1, 0.15) is 41.2 Å². The zero-order valence-electron chi connectivity index (χ0n) is 16.3. The molecule has 0 saturated heterocycles. The summed E-state index contributed by atoms with van der Waals surface area (Å²) in [5, 5.41) is 3.00. The van der Waals surface area contributed by atoms with E-state index in [4.69, 9.17) is 4.74 Å². The number of aryl methyl sites for hydroxylation is 1. The van der Waals surface area contributed by atoms with Crippen LogP contribution in [0, 0.1) is 13.8 Å². The van der Waals surface area contributed by atoms with Crippen molar-refractivity contribution in [3.63, 3.8) is 0 Å². The normalized spacial score (nSPS) is 10.9. The van der Waals surface area contributed by atoms with Gasteiger partial charge in [-0.25, -0.2) is 0 Å². The van der Waals surface area contributed by atoms with Gasteiger partial charge in [-0.2, -0.15) is 0 Å². The van der Waals surface area contributed by atoms with Crippen LogP contribution in [0.4, 0.5) is 5.69 Å². The Hall–Kier alpha value is -3.01. The molecule has 0 aliphatic heterocycles. The number of para-hydroxylation sites is 2. The van der Waals surface area contributed by atoms with E-state index in [1.165, 1.54) is 5.56 Å². The van der Waals surface area contributed by atoms with Crippen molar-refractivity contribution >= 4 is 11.6 Å². The molecule has 4 nitrogen and oxygen atoms in total. The molecule has 0 aliphatic carbocycles. The highest BCUT2D eigenvalue weighted by atomic mass is 16.5. The van der Waals surface area contributed by atoms with Crippen LogP contribution >= 0.6 is 0 Å². The van der Waals surface area contributed by atoms with Crippen LogP contribution < -0.4 is 10.1 Å². The second kappa shape index (κ2) is 8.12. The van der Waals surface area contributed by atoms with Gasteiger partial charge in [-0.05, 0) is 51.5 Å². The molecule has 3 aromatic rings. The molecule has 1 heterocycles. The van der Waals surface area contributed by atoms with Gasteiger partial charge < -0.3 is 14.6 Å². The summed E-state index contributed by atoms with van der Waals surface area (Å²) in [6.45, 7) is 8.70. The first-order chi connectivity index (χ1) is 13.0. The maximum atomic E-state index is 12.9. The molecule has 0 atom stereocenters. The molecule has 0 unspecified atom stereocenters. The van der Waals surface area contributed by atoms with Crippen LogP contribution in [0.5, 0.6) is 5.75 Å². The van der Waals surface area contributed by atoms with E-state index in [9.17, 15) is 4.79 Å². The van der Waals surface area contributed by atoms with E-state index in [0.717, 1.165) is 17.9 Å². The Labute approximate surface area is 160 Å². The number of hydrogen-bond acceptors (Lipinski definition) is 2. The number of nitrogens with zero attached hydrogens (tertiary/aromatic N) is 1. The second-order valence-electron chi connectivity index (χ2n) is 6.97. The monoisotopic (exact) mass is 362 g/mol. The number of anilines is 1. The molecule has 0 aliphatic rings. The number of rotatable bonds is 6. The van der Waals surface area contributed by atoms with E-state index in [2.05, 4.69) is 22.0 Å². The molecule has 1 amide bonds. The van der Waals surface area contributed by atoms with Crippen LogP contribution in [0.25, 0.3) is 0 Å². The lowest BCUT2D eigenvalue weighted by Gasteiger charge is -2.15. The smallest absolute Gasteiger partial charge is 0.257 e. The summed E-state index contributed by atoms with van der Waals surface area (Å²) in [5.41, 5.74) is 4.60. The molecule has 0 bridgehead atoms. The zero-order chi connectivity index (χ0) is 19.4. The molecule has 1 aromatic heterocycles. The summed E-state index contributed by atoms with van der Waals surface area (Å²) < 4.78 is 7.97. The maximum Gasteiger partial charge on any atom is 0.257 e. The Morgan fingerprint density at radius 1 is 1.04 bits per heavy atom. The van der Waals surface area contributed by atoms with Crippen molar-refractivity contribution < 1.29 is 9.53 Å². The minimum absolute atomic E-state index is 0.0407. The van der Waals surface area contributed by atoms with Crippen molar-refractivity contribution in [1.82, 2.24) is 4.57 Å².